The summed E-state index contributed by atoms with van der Waals surface area (Å²) in [6, 6.07) is 24.0. The van der Waals surface area contributed by atoms with Gasteiger partial charge in [0.2, 0.25) is 6.41 Å². The number of nitrogens with one attached hydrogen (secondary N) is 1. The van der Waals surface area contributed by atoms with Crippen LogP contribution in [0.15, 0.2) is 72.8 Å². The lowest BCUT2D eigenvalue weighted by molar-refractivity contribution is -0.105. The number of likely N-dealkylation sites (N-methyl/N-ethyl adjacent to an activating group) is 1. The van der Waals surface area contributed by atoms with Crippen molar-refractivity contribution in [1.82, 2.24) is 4.90 Å². The van der Waals surface area contributed by atoms with E-state index in [-0.39, 0.29) is 6.04 Å². The minimum absolute atomic E-state index is 0.00729. The number of ether oxygens (including phenoxy) is 1. The Labute approximate surface area is 183 Å². The van der Waals surface area contributed by atoms with Crippen molar-refractivity contribution < 1.29 is 14.6 Å². The first-order valence-electron chi connectivity index (χ1n) is 10.6. The summed E-state index contributed by atoms with van der Waals surface area (Å²) in [4.78, 5) is 13.5. The van der Waals surface area contributed by atoms with Crippen LogP contribution in [0.4, 0.5) is 5.69 Å². The van der Waals surface area contributed by atoms with Crippen LogP contribution in [0.3, 0.4) is 0 Å². The van der Waals surface area contributed by atoms with Crippen molar-refractivity contribution in [3.8, 4) is 5.75 Å². The molecule has 0 radical (unpaired) electrons. The topological polar surface area (TPSA) is 61.8 Å². The molecule has 160 valence electrons. The Morgan fingerprint density at radius 1 is 1.03 bits per heavy atom. The Balaban J connectivity index is 1.54. The van der Waals surface area contributed by atoms with E-state index in [0.29, 0.717) is 24.5 Å². The number of nitrogens with zero attached hydrogens (tertiary/aromatic N) is 1. The molecule has 2 atom stereocenters. The van der Waals surface area contributed by atoms with E-state index >= 15 is 0 Å². The van der Waals surface area contributed by atoms with Gasteiger partial charge in [-0.2, -0.15) is 0 Å². The normalized spacial score (nSPS) is 17.8. The Morgan fingerprint density at radius 3 is 2.39 bits per heavy atom. The average Bonchev–Trinajstić information content (AvgIpc) is 2.80. The zero-order chi connectivity index (χ0) is 21.6. The van der Waals surface area contributed by atoms with Crippen LogP contribution in [0.25, 0.3) is 0 Å². The first kappa shape index (κ1) is 21.1. The molecular weight excluding hydrogens is 388 g/mol. The van der Waals surface area contributed by atoms with Gasteiger partial charge in [-0.15, -0.1) is 0 Å². The average molecular weight is 417 g/mol. The van der Waals surface area contributed by atoms with Gasteiger partial charge in [0, 0.05) is 12.6 Å². The van der Waals surface area contributed by atoms with Gasteiger partial charge in [-0.05, 0) is 48.2 Å². The Hall–Kier alpha value is -3.15. The van der Waals surface area contributed by atoms with Gasteiger partial charge in [-0.1, -0.05) is 66.7 Å². The fraction of sp³-hybridized carbons (Fsp3) is 0.269. The molecule has 1 aliphatic rings. The van der Waals surface area contributed by atoms with E-state index < -0.39 is 6.10 Å². The zero-order valence-electron chi connectivity index (χ0n) is 17.7. The first-order chi connectivity index (χ1) is 15.2. The van der Waals surface area contributed by atoms with Crippen molar-refractivity contribution in [3.05, 3.63) is 95.1 Å². The Bertz CT molecular complexity index is 1010. The second-order valence-electron chi connectivity index (χ2n) is 7.99. The maximum Gasteiger partial charge on any atom is 0.211 e. The molecule has 0 saturated heterocycles. The summed E-state index contributed by atoms with van der Waals surface area (Å²) in [6.07, 6.45) is 1.60. The van der Waals surface area contributed by atoms with Gasteiger partial charge in [0.25, 0.3) is 0 Å². The second kappa shape index (κ2) is 9.77. The third-order valence-corrected chi connectivity index (χ3v) is 5.97. The SMILES string of the molecule is CN(Cc1ccccc1)C1CCc2c(ccc(OCc3ccccc3)c2NC=O)C1O. The lowest BCUT2D eigenvalue weighted by Gasteiger charge is -2.37. The lowest BCUT2D eigenvalue weighted by Crippen LogP contribution is -2.39. The molecule has 5 heteroatoms. The van der Waals surface area contributed by atoms with Crippen LogP contribution < -0.4 is 10.1 Å². The molecule has 0 saturated carbocycles. The largest absolute Gasteiger partial charge is 0.487 e. The molecule has 0 fully saturated rings. The molecule has 2 unspecified atom stereocenters. The summed E-state index contributed by atoms with van der Waals surface area (Å²) >= 11 is 0. The number of aliphatic hydroxyl groups excluding tert-OH is 1. The zero-order valence-corrected chi connectivity index (χ0v) is 17.7. The van der Waals surface area contributed by atoms with Crippen molar-refractivity contribution >= 4 is 12.1 Å². The van der Waals surface area contributed by atoms with E-state index in [9.17, 15) is 9.90 Å². The van der Waals surface area contributed by atoms with Gasteiger partial charge >= 0.3 is 0 Å². The van der Waals surface area contributed by atoms with Crippen molar-refractivity contribution in [2.75, 3.05) is 12.4 Å². The number of carbonyl (C=O) groups excluding carboxylic acids is 1. The summed E-state index contributed by atoms with van der Waals surface area (Å²) in [5.41, 5.74) is 4.74. The van der Waals surface area contributed by atoms with Gasteiger partial charge < -0.3 is 15.2 Å². The van der Waals surface area contributed by atoms with Crippen LogP contribution >= 0.6 is 0 Å². The molecule has 2 N–H and O–H groups in total. The maximum atomic E-state index is 11.3. The van der Waals surface area contributed by atoms with Crippen molar-refractivity contribution in [2.45, 2.75) is 38.1 Å². The summed E-state index contributed by atoms with van der Waals surface area (Å²) < 4.78 is 6.02. The predicted octanol–water partition coefficient (Wildman–Crippen LogP) is 4.31. The van der Waals surface area contributed by atoms with Gasteiger partial charge in [-0.3, -0.25) is 9.69 Å². The third-order valence-electron chi connectivity index (χ3n) is 5.97. The van der Waals surface area contributed by atoms with Gasteiger partial charge in [0.05, 0.1) is 11.8 Å². The lowest BCUT2D eigenvalue weighted by atomic mass is 9.83. The number of aliphatic hydroxyl groups is 1. The van der Waals surface area contributed by atoms with Crippen molar-refractivity contribution in [3.63, 3.8) is 0 Å². The van der Waals surface area contributed by atoms with Crippen molar-refractivity contribution in [1.29, 1.82) is 0 Å². The third kappa shape index (κ3) is 4.79. The fourth-order valence-electron chi connectivity index (χ4n) is 4.37. The van der Waals surface area contributed by atoms with Crippen LogP contribution in [0.2, 0.25) is 0 Å². The van der Waals surface area contributed by atoms with Gasteiger partial charge in [0.1, 0.15) is 12.4 Å². The Kier molecular flexibility index (Phi) is 6.65. The van der Waals surface area contributed by atoms with Crippen LogP contribution in [0, 0.1) is 0 Å². The van der Waals surface area contributed by atoms with Crippen LogP contribution in [-0.2, 0) is 24.4 Å². The highest BCUT2D eigenvalue weighted by molar-refractivity contribution is 5.79. The standard InChI is InChI=1S/C26H28N2O3/c1-28(16-19-8-4-2-5-9-19)23-14-12-21-22(26(23)30)13-15-24(25(21)27-18-29)31-17-20-10-6-3-7-11-20/h2-11,13,15,18,23,26,30H,12,14,16-17H2,1H3,(H,27,29). The smallest absolute Gasteiger partial charge is 0.211 e. The number of anilines is 1. The number of carbonyl (C=O) groups is 1. The molecule has 0 heterocycles. The van der Waals surface area contributed by atoms with E-state index in [1.807, 2.05) is 67.7 Å². The molecule has 3 aromatic rings. The fourth-order valence-corrected chi connectivity index (χ4v) is 4.37. The summed E-state index contributed by atoms with van der Waals surface area (Å²) in [5, 5.41) is 14.0. The van der Waals surface area contributed by atoms with Gasteiger partial charge in [0.15, 0.2) is 0 Å². The molecule has 5 nitrogen and oxygen atoms in total. The predicted molar refractivity (Wildman–Crippen MR) is 122 cm³/mol. The van der Waals surface area contributed by atoms with Crippen LogP contribution in [0.1, 0.15) is 34.8 Å². The quantitative estimate of drug-likeness (QED) is 0.537. The highest BCUT2D eigenvalue weighted by atomic mass is 16.5. The van der Waals surface area contributed by atoms with E-state index in [2.05, 4.69) is 22.3 Å². The number of hydrogen-bond donors (Lipinski definition) is 2. The maximum absolute atomic E-state index is 11.3. The summed E-state index contributed by atoms with van der Waals surface area (Å²) in [5.74, 6) is 0.623. The molecule has 0 aliphatic heterocycles. The van der Waals surface area contributed by atoms with Crippen LogP contribution in [0.5, 0.6) is 5.75 Å². The molecule has 31 heavy (non-hydrogen) atoms. The number of hydrogen-bond acceptors (Lipinski definition) is 4. The van der Waals surface area contributed by atoms with E-state index in [4.69, 9.17) is 4.74 Å². The Morgan fingerprint density at radius 2 is 1.71 bits per heavy atom. The molecule has 0 spiro atoms. The summed E-state index contributed by atoms with van der Waals surface area (Å²) in [7, 11) is 2.05. The molecule has 1 aliphatic carbocycles. The highest BCUT2D eigenvalue weighted by Crippen LogP contribution is 2.41. The van der Waals surface area contributed by atoms with E-state index in [1.165, 1.54) is 5.56 Å². The summed E-state index contributed by atoms with van der Waals surface area (Å²) in [6.45, 7) is 1.19. The van der Waals surface area contributed by atoms with Crippen LogP contribution in [-0.4, -0.2) is 29.5 Å². The molecule has 4 rings (SSSR count). The first-order valence-corrected chi connectivity index (χ1v) is 10.6. The molecule has 0 bridgehead atoms. The van der Waals surface area contributed by atoms with Gasteiger partial charge in [-0.25, -0.2) is 0 Å². The monoisotopic (exact) mass is 416 g/mol. The second-order valence-corrected chi connectivity index (χ2v) is 7.99. The van der Waals surface area contributed by atoms with E-state index in [0.717, 1.165) is 36.1 Å². The minimum atomic E-state index is -0.632. The minimum Gasteiger partial charge on any atom is -0.487 e. The van der Waals surface area contributed by atoms with Crippen molar-refractivity contribution in [2.24, 2.45) is 0 Å². The highest BCUT2D eigenvalue weighted by Gasteiger charge is 2.33. The number of rotatable bonds is 8. The molecular formula is C26H28N2O3. The van der Waals surface area contributed by atoms with E-state index in [1.54, 1.807) is 0 Å². The molecule has 0 aromatic heterocycles. The number of benzene rings is 3. The number of amides is 1. The molecule has 3 aromatic carbocycles. The number of fused-ring (bicyclic) bond motifs is 1. The molecule has 1 amide bonds.